The molecule has 0 spiro atoms. The number of amides is 1. The van der Waals surface area contributed by atoms with Crippen molar-refractivity contribution in [3.63, 3.8) is 0 Å². The maximum Gasteiger partial charge on any atom is 0.257 e. The van der Waals surface area contributed by atoms with E-state index in [0.717, 1.165) is 0 Å². The summed E-state index contributed by atoms with van der Waals surface area (Å²) in [6.45, 7) is 0.0299. The normalized spacial score (nSPS) is 12.2. The summed E-state index contributed by atoms with van der Waals surface area (Å²) in [7, 11) is 0. The van der Waals surface area contributed by atoms with Gasteiger partial charge < -0.3 is 26.4 Å². The van der Waals surface area contributed by atoms with Gasteiger partial charge in [-0.05, 0) is 17.7 Å². The fourth-order valence-corrected chi connectivity index (χ4v) is 1.32. The van der Waals surface area contributed by atoms with Crippen LogP contribution in [-0.2, 0) is 6.54 Å². The summed E-state index contributed by atoms with van der Waals surface area (Å²) in [4.78, 5) is 11.6. The molecule has 1 rings (SSSR count). The van der Waals surface area contributed by atoms with E-state index in [9.17, 15) is 15.0 Å². The molecule has 6 heteroatoms. The molecule has 0 aliphatic carbocycles. The molecule has 0 bridgehead atoms. The van der Waals surface area contributed by atoms with E-state index >= 15 is 0 Å². The van der Waals surface area contributed by atoms with Crippen molar-refractivity contribution in [3.8, 4) is 5.75 Å². The van der Waals surface area contributed by atoms with Crippen molar-refractivity contribution in [1.82, 2.24) is 5.32 Å². The Balaban J connectivity index is 2.75. The van der Waals surface area contributed by atoms with E-state index in [4.69, 9.17) is 10.8 Å². The average Bonchev–Trinajstić information content (AvgIpc) is 2.28. The third-order valence-corrected chi connectivity index (χ3v) is 2.24. The molecule has 17 heavy (non-hydrogen) atoms. The third kappa shape index (κ3) is 3.70. The fourth-order valence-electron chi connectivity index (χ4n) is 1.32. The Morgan fingerprint density at radius 3 is 2.71 bits per heavy atom. The molecule has 1 atom stereocenters. The number of hydrogen-bond acceptors (Lipinski definition) is 5. The van der Waals surface area contributed by atoms with Crippen LogP contribution in [-0.4, -0.2) is 34.1 Å². The first kappa shape index (κ1) is 13.4. The summed E-state index contributed by atoms with van der Waals surface area (Å²) < 4.78 is 0. The van der Waals surface area contributed by atoms with Crippen LogP contribution in [0.2, 0.25) is 0 Å². The van der Waals surface area contributed by atoms with Gasteiger partial charge >= 0.3 is 0 Å². The van der Waals surface area contributed by atoms with Crippen LogP contribution in [0.5, 0.6) is 5.75 Å². The minimum absolute atomic E-state index is 0.0351. The molecule has 0 saturated heterocycles. The fraction of sp³-hybridized carbons (Fsp3) is 0.364. The summed E-state index contributed by atoms with van der Waals surface area (Å²) in [5.74, 6) is -0.798. The standard InChI is InChI=1S/C11H16N2O4/c12-6-7-1-2-8(9(15)5-7)11(17)13-10(16)3-4-14/h1-2,5,10,14-16H,3-4,6,12H2,(H,13,17). The van der Waals surface area contributed by atoms with Crippen LogP contribution in [0.15, 0.2) is 18.2 Å². The molecule has 0 aliphatic heterocycles. The number of aromatic hydroxyl groups is 1. The number of carbonyl (C=O) groups excluding carboxylic acids is 1. The molecular weight excluding hydrogens is 224 g/mol. The first-order valence-corrected chi connectivity index (χ1v) is 5.20. The first-order chi connectivity index (χ1) is 8.08. The highest BCUT2D eigenvalue weighted by Gasteiger charge is 2.14. The zero-order chi connectivity index (χ0) is 12.8. The lowest BCUT2D eigenvalue weighted by Gasteiger charge is -2.12. The summed E-state index contributed by atoms with van der Waals surface area (Å²) >= 11 is 0. The van der Waals surface area contributed by atoms with Crippen molar-refractivity contribution in [2.45, 2.75) is 19.2 Å². The Bertz CT molecular complexity index is 395. The van der Waals surface area contributed by atoms with Gasteiger partial charge in [-0.1, -0.05) is 6.07 Å². The minimum Gasteiger partial charge on any atom is -0.507 e. The van der Waals surface area contributed by atoms with Crippen LogP contribution in [0.4, 0.5) is 0 Å². The monoisotopic (exact) mass is 240 g/mol. The van der Waals surface area contributed by atoms with Crippen LogP contribution in [0.1, 0.15) is 22.3 Å². The zero-order valence-electron chi connectivity index (χ0n) is 9.26. The van der Waals surface area contributed by atoms with Crippen LogP contribution in [0.3, 0.4) is 0 Å². The molecular formula is C11H16N2O4. The van der Waals surface area contributed by atoms with Gasteiger partial charge in [0, 0.05) is 19.6 Å². The van der Waals surface area contributed by atoms with E-state index in [1.54, 1.807) is 6.07 Å². The average molecular weight is 240 g/mol. The molecule has 0 saturated carbocycles. The number of rotatable bonds is 5. The molecule has 0 radical (unpaired) electrons. The molecule has 1 amide bonds. The number of nitrogens with one attached hydrogen (secondary N) is 1. The van der Waals surface area contributed by atoms with Crippen molar-refractivity contribution in [2.75, 3.05) is 6.61 Å². The lowest BCUT2D eigenvalue weighted by Crippen LogP contribution is -2.35. The van der Waals surface area contributed by atoms with Crippen molar-refractivity contribution in [1.29, 1.82) is 0 Å². The van der Waals surface area contributed by atoms with Gasteiger partial charge in [-0.2, -0.15) is 0 Å². The predicted molar refractivity (Wildman–Crippen MR) is 61.2 cm³/mol. The van der Waals surface area contributed by atoms with E-state index in [-0.39, 0.29) is 30.9 Å². The summed E-state index contributed by atoms with van der Waals surface area (Å²) in [6.07, 6.45) is -1.10. The molecule has 1 aromatic carbocycles. The van der Waals surface area contributed by atoms with Crippen molar-refractivity contribution >= 4 is 5.91 Å². The molecule has 0 fully saturated rings. The maximum atomic E-state index is 11.6. The van der Waals surface area contributed by atoms with Crippen LogP contribution in [0, 0.1) is 0 Å². The number of carbonyl (C=O) groups is 1. The molecule has 0 aliphatic rings. The smallest absolute Gasteiger partial charge is 0.257 e. The second-order valence-corrected chi connectivity index (χ2v) is 3.56. The highest BCUT2D eigenvalue weighted by atomic mass is 16.3. The molecule has 94 valence electrons. The third-order valence-electron chi connectivity index (χ3n) is 2.24. The topological polar surface area (TPSA) is 116 Å². The van der Waals surface area contributed by atoms with Gasteiger partial charge in [0.05, 0.1) is 5.56 Å². The summed E-state index contributed by atoms with van der Waals surface area (Å²) in [5, 5.41) is 29.7. The number of benzene rings is 1. The van der Waals surface area contributed by atoms with Crippen molar-refractivity contribution < 1.29 is 20.1 Å². The Morgan fingerprint density at radius 1 is 1.47 bits per heavy atom. The van der Waals surface area contributed by atoms with E-state index in [1.165, 1.54) is 12.1 Å². The Hall–Kier alpha value is -1.63. The van der Waals surface area contributed by atoms with E-state index < -0.39 is 12.1 Å². The predicted octanol–water partition coefficient (Wildman–Crippen LogP) is -0.719. The molecule has 1 aromatic rings. The number of phenols is 1. The largest absolute Gasteiger partial charge is 0.507 e. The number of aliphatic hydroxyl groups excluding tert-OH is 2. The first-order valence-electron chi connectivity index (χ1n) is 5.20. The number of aliphatic hydroxyl groups is 2. The highest BCUT2D eigenvalue weighted by Crippen LogP contribution is 2.18. The van der Waals surface area contributed by atoms with Crippen LogP contribution in [0.25, 0.3) is 0 Å². The maximum absolute atomic E-state index is 11.6. The van der Waals surface area contributed by atoms with Crippen molar-refractivity contribution in [2.24, 2.45) is 5.73 Å². The molecule has 0 aromatic heterocycles. The van der Waals surface area contributed by atoms with Gasteiger partial charge in [0.15, 0.2) is 0 Å². The zero-order valence-corrected chi connectivity index (χ0v) is 9.26. The summed E-state index contributed by atoms with van der Waals surface area (Å²) in [5.41, 5.74) is 6.14. The van der Waals surface area contributed by atoms with Gasteiger partial charge in [-0.15, -0.1) is 0 Å². The second kappa shape index (κ2) is 6.19. The Morgan fingerprint density at radius 2 is 2.18 bits per heavy atom. The lowest BCUT2D eigenvalue weighted by molar-refractivity contribution is 0.0707. The van der Waals surface area contributed by atoms with Gasteiger partial charge in [0.2, 0.25) is 0 Å². The van der Waals surface area contributed by atoms with E-state index in [1.807, 2.05) is 0 Å². The second-order valence-electron chi connectivity index (χ2n) is 3.56. The molecule has 6 N–H and O–H groups in total. The Labute approximate surface area is 98.7 Å². The quantitative estimate of drug-likeness (QED) is 0.436. The van der Waals surface area contributed by atoms with E-state index in [0.29, 0.717) is 5.56 Å². The van der Waals surface area contributed by atoms with Gasteiger partial charge in [0.1, 0.15) is 12.0 Å². The number of nitrogens with two attached hydrogens (primary N) is 1. The van der Waals surface area contributed by atoms with Crippen LogP contribution >= 0.6 is 0 Å². The van der Waals surface area contributed by atoms with Crippen molar-refractivity contribution in [3.05, 3.63) is 29.3 Å². The summed E-state index contributed by atoms with van der Waals surface area (Å²) in [6, 6.07) is 4.44. The molecule has 1 unspecified atom stereocenters. The molecule has 6 nitrogen and oxygen atoms in total. The SMILES string of the molecule is NCc1ccc(C(=O)NC(O)CCO)c(O)c1. The van der Waals surface area contributed by atoms with E-state index in [2.05, 4.69) is 5.32 Å². The molecule has 0 heterocycles. The lowest BCUT2D eigenvalue weighted by atomic mass is 10.1. The number of hydrogen-bond donors (Lipinski definition) is 5. The Kier molecular flexibility index (Phi) is 4.89. The van der Waals surface area contributed by atoms with Crippen LogP contribution < -0.4 is 11.1 Å². The highest BCUT2D eigenvalue weighted by molar-refractivity contribution is 5.96. The minimum atomic E-state index is -1.14. The van der Waals surface area contributed by atoms with Gasteiger partial charge in [-0.25, -0.2) is 0 Å². The van der Waals surface area contributed by atoms with Gasteiger partial charge in [0.25, 0.3) is 5.91 Å². The van der Waals surface area contributed by atoms with Gasteiger partial charge in [-0.3, -0.25) is 4.79 Å². The number of phenolic OH excluding ortho intramolecular Hbond substituents is 1.